The summed E-state index contributed by atoms with van der Waals surface area (Å²) in [6.07, 6.45) is 2.36. The minimum Gasteiger partial charge on any atom is -0.497 e. The number of benzene rings is 2. The van der Waals surface area contributed by atoms with Crippen LogP contribution in [0, 0.1) is 5.82 Å². The molecule has 5 rings (SSSR count). The van der Waals surface area contributed by atoms with E-state index in [1.165, 1.54) is 18.4 Å². The summed E-state index contributed by atoms with van der Waals surface area (Å²) in [5.41, 5.74) is 3.96. The third kappa shape index (κ3) is 4.56. The zero-order chi connectivity index (χ0) is 25.2. The van der Waals surface area contributed by atoms with Crippen molar-refractivity contribution in [3.8, 4) is 5.75 Å². The maximum absolute atomic E-state index is 13.5. The number of methoxy groups -OCH3 is 1. The average molecular weight is 488 g/mol. The second kappa shape index (κ2) is 9.85. The van der Waals surface area contributed by atoms with Crippen LogP contribution in [0.4, 0.5) is 4.39 Å². The largest absolute Gasteiger partial charge is 0.497 e. The van der Waals surface area contributed by atoms with Gasteiger partial charge in [-0.25, -0.2) is 9.18 Å². The first-order valence-corrected chi connectivity index (χ1v) is 11.8. The van der Waals surface area contributed by atoms with E-state index in [0.29, 0.717) is 34.8 Å². The number of halogens is 1. The molecule has 7 heteroatoms. The van der Waals surface area contributed by atoms with Gasteiger partial charge in [0, 0.05) is 23.4 Å². The van der Waals surface area contributed by atoms with Gasteiger partial charge in [0.1, 0.15) is 23.9 Å². The number of carbonyl (C=O) groups excluding carboxylic acids is 2. The molecule has 1 aliphatic carbocycles. The lowest BCUT2D eigenvalue weighted by Crippen LogP contribution is -2.36. The number of ketones is 1. The molecule has 1 aliphatic heterocycles. The quantitative estimate of drug-likeness (QED) is 0.461. The van der Waals surface area contributed by atoms with E-state index in [9.17, 15) is 14.0 Å². The summed E-state index contributed by atoms with van der Waals surface area (Å²) in [6.45, 7) is 1.88. The molecule has 0 saturated carbocycles. The molecule has 0 spiro atoms. The monoisotopic (exact) mass is 487 g/mol. The Morgan fingerprint density at radius 3 is 2.50 bits per heavy atom. The molecule has 0 bridgehead atoms. The fraction of sp³-hybridized carbons (Fsp3) is 0.241. The Hall–Kier alpha value is -4.13. The van der Waals surface area contributed by atoms with Gasteiger partial charge in [0.25, 0.3) is 0 Å². The number of furan rings is 1. The maximum Gasteiger partial charge on any atom is 0.337 e. The number of nitrogens with one attached hydrogen (secondary N) is 1. The summed E-state index contributed by atoms with van der Waals surface area (Å²) in [7, 11) is 1.59. The molecule has 3 aromatic rings. The Bertz CT molecular complexity index is 1340. The summed E-state index contributed by atoms with van der Waals surface area (Å²) in [4.78, 5) is 26.9. The zero-order valence-corrected chi connectivity index (χ0v) is 20.0. The summed E-state index contributed by atoms with van der Waals surface area (Å²) >= 11 is 0. The number of hydrogen-bond donors (Lipinski definition) is 1. The van der Waals surface area contributed by atoms with Gasteiger partial charge in [-0.15, -0.1) is 0 Å². The number of dihydropyridines is 1. The Balaban J connectivity index is 1.43. The van der Waals surface area contributed by atoms with E-state index < -0.39 is 11.9 Å². The molecule has 184 valence electrons. The molecule has 0 amide bonds. The first kappa shape index (κ1) is 23.6. The third-order valence-electron chi connectivity index (χ3n) is 6.75. The van der Waals surface area contributed by atoms with Crippen LogP contribution in [0.15, 0.2) is 93.9 Å². The van der Waals surface area contributed by atoms with Crippen LogP contribution in [0.2, 0.25) is 0 Å². The normalized spacial score (nSPS) is 19.6. The highest BCUT2D eigenvalue weighted by Gasteiger charge is 2.42. The first-order valence-electron chi connectivity index (χ1n) is 11.8. The van der Waals surface area contributed by atoms with Crippen molar-refractivity contribution in [1.82, 2.24) is 5.32 Å². The van der Waals surface area contributed by atoms with Crippen LogP contribution in [-0.4, -0.2) is 18.9 Å². The van der Waals surface area contributed by atoms with Gasteiger partial charge >= 0.3 is 5.97 Å². The van der Waals surface area contributed by atoms with Gasteiger partial charge in [-0.2, -0.15) is 0 Å². The van der Waals surface area contributed by atoms with Crippen LogP contribution < -0.4 is 10.1 Å². The third-order valence-corrected chi connectivity index (χ3v) is 6.75. The van der Waals surface area contributed by atoms with E-state index in [1.54, 1.807) is 50.4 Å². The lowest BCUT2D eigenvalue weighted by molar-refractivity contribution is -0.140. The summed E-state index contributed by atoms with van der Waals surface area (Å²) in [5, 5.41) is 3.30. The first-order chi connectivity index (χ1) is 17.4. The van der Waals surface area contributed by atoms with Crippen LogP contribution in [0.25, 0.3) is 0 Å². The molecule has 1 aromatic heterocycles. The van der Waals surface area contributed by atoms with Crippen LogP contribution >= 0.6 is 0 Å². The molecule has 2 atom stereocenters. The van der Waals surface area contributed by atoms with E-state index in [-0.39, 0.29) is 30.5 Å². The maximum atomic E-state index is 13.5. The standard InChI is InChI=1S/C29H26FNO5/c1-17-26(29(33)36-16-18-5-11-22(34-2)12-6-18)28(25-4-3-13-35-25)27-23(31-17)14-20(15-24(27)32)19-7-9-21(30)10-8-19/h3-13,20,28,31H,14-16H2,1-2H3. The number of Topliss-reactive ketones (excluding diaryl/α,β-unsaturated/α-hetero) is 1. The van der Waals surface area contributed by atoms with E-state index in [4.69, 9.17) is 13.9 Å². The van der Waals surface area contributed by atoms with E-state index in [0.717, 1.165) is 16.8 Å². The molecule has 6 nitrogen and oxygen atoms in total. The number of allylic oxidation sites excluding steroid dienone is 3. The van der Waals surface area contributed by atoms with Gasteiger partial charge in [0.2, 0.25) is 0 Å². The van der Waals surface area contributed by atoms with Crippen molar-refractivity contribution < 1.29 is 27.9 Å². The highest BCUT2D eigenvalue weighted by molar-refractivity contribution is 6.04. The molecule has 2 unspecified atom stereocenters. The summed E-state index contributed by atoms with van der Waals surface area (Å²) in [6, 6.07) is 17.0. The summed E-state index contributed by atoms with van der Waals surface area (Å²) < 4.78 is 30.0. The molecular weight excluding hydrogens is 461 g/mol. The van der Waals surface area contributed by atoms with Crippen molar-refractivity contribution in [2.24, 2.45) is 0 Å². The molecule has 0 saturated heterocycles. The van der Waals surface area contributed by atoms with Gasteiger partial charge in [-0.3, -0.25) is 4.79 Å². The van der Waals surface area contributed by atoms with Gasteiger partial charge < -0.3 is 19.2 Å². The molecule has 2 aromatic carbocycles. The molecule has 2 heterocycles. The second-order valence-corrected chi connectivity index (χ2v) is 9.01. The molecule has 2 aliphatic rings. The van der Waals surface area contributed by atoms with E-state index in [2.05, 4.69) is 5.32 Å². The number of ether oxygens (including phenoxy) is 2. The Kier molecular flexibility index (Phi) is 6.46. The molecule has 0 radical (unpaired) electrons. The van der Waals surface area contributed by atoms with Crippen molar-refractivity contribution >= 4 is 11.8 Å². The molecule has 0 fully saturated rings. The minimum atomic E-state index is -0.665. The zero-order valence-electron chi connectivity index (χ0n) is 20.0. The van der Waals surface area contributed by atoms with Crippen molar-refractivity contribution in [3.05, 3.63) is 112 Å². The molecule has 36 heavy (non-hydrogen) atoms. The highest BCUT2D eigenvalue weighted by atomic mass is 19.1. The second-order valence-electron chi connectivity index (χ2n) is 9.01. The van der Waals surface area contributed by atoms with Crippen LogP contribution in [0.5, 0.6) is 5.75 Å². The molecular formula is C29H26FNO5. The van der Waals surface area contributed by atoms with E-state index in [1.807, 2.05) is 12.1 Å². The lowest BCUT2D eigenvalue weighted by Gasteiger charge is -2.35. The van der Waals surface area contributed by atoms with Crippen LogP contribution in [0.3, 0.4) is 0 Å². The van der Waals surface area contributed by atoms with Crippen molar-refractivity contribution in [2.45, 2.75) is 38.2 Å². The van der Waals surface area contributed by atoms with E-state index >= 15 is 0 Å². The average Bonchev–Trinajstić information content (AvgIpc) is 3.42. The van der Waals surface area contributed by atoms with Gasteiger partial charge in [0.05, 0.1) is 24.9 Å². The van der Waals surface area contributed by atoms with Crippen molar-refractivity contribution in [3.63, 3.8) is 0 Å². The predicted octanol–water partition coefficient (Wildman–Crippen LogP) is 5.53. The smallest absolute Gasteiger partial charge is 0.337 e. The molecule has 1 N–H and O–H groups in total. The van der Waals surface area contributed by atoms with Gasteiger partial charge in [-0.05, 0) is 66.8 Å². The van der Waals surface area contributed by atoms with Gasteiger partial charge in [-0.1, -0.05) is 24.3 Å². The van der Waals surface area contributed by atoms with Crippen LogP contribution in [0.1, 0.15) is 48.5 Å². The topological polar surface area (TPSA) is 77.8 Å². The van der Waals surface area contributed by atoms with Crippen molar-refractivity contribution in [1.29, 1.82) is 0 Å². The summed E-state index contributed by atoms with van der Waals surface area (Å²) in [5.74, 6) is -0.435. The Labute approximate surface area is 208 Å². The predicted molar refractivity (Wildman–Crippen MR) is 130 cm³/mol. The SMILES string of the molecule is COc1ccc(COC(=O)C2=C(C)NC3=C(C(=O)CC(c4ccc(F)cc4)C3)C2c2ccco2)cc1. The number of hydrogen-bond acceptors (Lipinski definition) is 6. The fourth-order valence-corrected chi connectivity index (χ4v) is 4.97. The van der Waals surface area contributed by atoms with Crippen molar-refractivity contribution in [2.75, 3.05) is 7.11 Å². The number of rotatable bonds is 6. The van der Waals surface area contributed by atoms with Gasteiger partial charge in [0.15, 0.2) is 5.78 Å². The fourth-order valence-electron chi connectivity index (χ4n) is 4.97. The lowest BCUT2D eigenvalue weighted by atomic mass is 9.73. The van der Waals surface area contributed by atoms with Crippen LogP contribution in [-0.2, 0) is 20.9 Å². The Morgan fingerprint density at radius 1 is 1.08 bits per heavy atom. The highest BCUT2D eigenvalue weighted by Crippen LogP contribution is 2.45. The minimum absolute atomic E-state index is 0.0765. The Morgan fingerprint density at radius 2 is 1.83 bits per heavy atom. The number of esters is 1. The number of carbonyl (C=O) groups is 2.